The van der Waals surface area contributed by atoms with Crippen LogP contribution in [0.4, 0.5) is 0 Å². The minimum atomic E-state index is -0.918. The number of nitrogens with two attached hydrogens (primary N) is 1. The highest BCUT2D eigenvalue weighted by atomic mass is 16.4. The van der Waals surface area contributed by atoms with Crippen molar-refractivity contribution in [1.82, 2.24) is 5.32 Å². The predicted molar refractivity (Wildman–Crippen MR) is 61.1 cm³/mol. The molecule has 5 nitrogen and oxygen atoms in total. The van der Waals surface area contributed by atoms with Crippen molar-refractivity contribution in [1.29, 1.82) is 0 Å². The van der Waals surface area contributed by atoms with E-state index >= 15 is 0 Å². The van der Waals surface area contributed by atoms with Gasteiger partial charge in [0.2, 0.25) is 0 Å². The first-order chi connectivity index (χ1) is 7.70. The summed E-state index contributed by atoms with van der Waals surface area (Å²) < 4.78 is 0. The van der Waals surface area contributed by atoms with E-state index in [0.717, 1.165) is 0 Å². The molecular formula is C11H16N2O3. The topological polar surface area (TPSA) is 92.4 Å². The molecule has 0 fully saturated rings. The first-order valence-corrected chi connectivity index (χ1v) is 4.83. The molecule has 0 aromatic heterocycles. The van der Waals surface area contributed by atoms with Gasteiger partial charge >= 0.3 is 5.97 Å². The van der Waals surface area contributed by atoms with Gasteiger partial charge in [0, 0.05) is 12.1 Å². The van der Waals surface area contributed by atoms with Crippen LogP contribution in [0.2, 0.25) is 0 Å². The Morgan fingerprint density at radius 3 is 2.31 bits per heavy atom. The van der Waals surface area contributed by atoms with Gasteiger partial charge in [0.15, 0.2) is 0 Å². The molecule has 0 saturated heterocycles. The molecule has 1 aromatic carbocycles. The lowest BCUT2D eigenvalue weighted by atomic mass is 10.2. The number of rotatable bonds is 4. The van der Waals surface area contributed by atoms with Crippen LogP contribution >= 0.6 is 0 Å². The molecule has 1 aromatic rings. The van der Waals surface area contributed by atoms with E-state index in [0.29, 0.717) is 5.56 Å². The summed E-state index contributed by atoms with van der Waals surface area (Å²) in [5.41, 5.74) is 5.04. The fourth-order valence-electron chi connectivity index (χ4n) is 0.975. The normalized spacial score (nSPS) is 8.62. The Labute approximate surface area is 94.3 Å². The lowest BCUT2D eigenvalue weighted by Crippen LogP contribution is -2.25. The van der Waals surface area contributed by atoms with Gasteiger partial charge in [-0.25, -0.2) is 0 Å². The molecule has 0 heterocycles. The molecule has 88 valence electrons. The smallest absolute Gasteiger partial charge is 0.305 e. The molecule has 0 aliphatic heterocycles. The summed E-state index contributed by atoms with van der Waals surface area (Å²) in [5.74, 6) is -1.16. The van der Waals surface area contributed by atoms with E-state index in [1.807, 2.05) is 6.07 Å². The number of benzene rings is 1. The van der Waals surface area contributed by atoms with Crippen LogP contribution in [0, 0.1) is 0 Å². The van der Waals surface area contributed by atoms with Gasteiger partial charge in [-0.05, 0) is 19.2 Å². The summed E-state index contributed by atoms with van der Waals surface area (Å²) in [6.45, 7) is 0.156. The lowest BCUT2D eigenvalue weighted by molar-refractivity contribution is -0.136. The Balaban J connectivity index is 0.00000106. The van der Waals surface area contributed by atoms with E-state index in [1.165, 1.54) is 7.05 Å². The van der Waals surface area contributed by atoms with Crippen LogP contribution < -0.4 is 11.1 Å². The quantitative estimate of drug-likeness (QED) is 0.693. The largest absolute Gasteiger partial charge is 0.481 e. The summed E-state index contributed by atoms with van der Waals surface area (Å²) >= 11 is 0. The van der Waals surface area contributed by atoms with Gasteiger partial charge in [-0.1, -0.05) is 18.2 Å². The number of carboxylic acids is 1. The summed E-state index contributed by atoms with van der Waals surface area (Å²) in [4.78, 5) is 21.5. The van der Waals surface area contributed by atoms with E-state index in [9.17, 15) is 9.59 Å². The lowest BCUT2D eigenvalue weighted by Gasteiger charge is -2.02. The maximum absolute atomic E-state index is 11.3. The van der Waals surface area contributed by atoms with Crippen molar-refractivity contribution in [2.45, 2.75) is 6.42 Å². The fraction of sp³-hybridized carbons (Fsp3) is 0.273. The van der Waals surface area contributed by atoms with E-state index in [2.05, 4.69) is 11.1 Å². The van der Waals surface area contributed by atoms with Crippen molar-refractivity contribution >= 4 is 11.9 Å². The van der Waals surface area contributed by atoms with Crippen LogP contribution in [-0.4, -0.2) is 30.6 Å². The van der Waals surface area contributed by atoms with Crippen LogP contribution in [0.1, 0.15) is 16.8 Å². The van der Waals surface area contributed by atoms with E-state index in [-0.39, 0.29) is 18.9 Å². The highest BCUT2D eigenvalue weighted by Crippen LogP contribution is 1.97. The minimum Gasteiger partial charge on any atom is -0.481 e. The Kier molecular flexibility index (Phi) is 7.44. The molecule has 0 spiro atoms. The second kappa shape index (κ2) is 8.43. The fourth-order valence-corrected chi connectivity index (χ4v) is 0.975. The average Bonchev–Trinajstić information content (AvgIpc) is 2.32. The molecule has 0 saturated carbocycles. The standard InChI is InChI=1S/C10H11NO3.CH5N/c12-9(13)6-7-11-10(14)8-4-2-1-3-5-8;1-2/h1-5H,6-7H2,(H,11,14)(H,12,13);2H2,1H3. The molecule has 1 amide bonds. The third-order valence-electron chi connectivity index (χ3n) is 1.66. The first kappa shape index (κ1) is 14.1. The number of carboxylic acid groups (broad SMARTS) is 1. The zero-order valence-corrected chi connectivity index (χ0v) is 9.14. The third-order valence-corrected chi connectivity index (χ3v) is 1.66. The average molecular weight is 224 g/mol. The molecule has 0 radical (unpaired) electrons. The Morgan fingerprint density at radius 1 is 1.25 bits per heavy atom. The molecule has 0 aliphatic rings. The molecule has 16 heavy (non-hydrogen) atoms. The van der Waals surface area contributed by atoms with Crippen LogP contribution in [0.5, 0.6) is 0 Å². The molecule has 0 aliphatic carbocycles. The van der Waals surface area contributed by atoms with E-state index in [4.69, 9.17) is 5.11 Å². The second-order valence-electron chi connectivity index (χ2n) is 2.77. The Morgan fingerprint density at radius 2 is 1.81 bits per heavy atom. The van der Waals surface area contributed by atoms with Crippen LogP contribution in [0.15, 0.2) is 30.3 Å². The van der Waals surface area contributed by atoms with Gasteiger partial charge < -0.3 is 16.2 Å². The maximum Gasteiger partial charge on any atom is 0.305 e. The molecule has 0 unspecified atom stereocenters. The highest BCUT2D eigenvalue weighted by molar-refractivity contribution is 5.94. The number of hydrogen-bond donors (Lipinski definition) is 3. The molecule has 1 rings (SSSR count). The predicted octanol–water partition coefficient (Wildman–Crippen LogP) is 0.466. The number of carbonyl (C=O) groups excluding carboxylic acids is 1. The van der Waals surface area contributed by atoms with Crippen LogP contribution in [0.25, 0.3) is 0 Å². The first-order valence-electron chi connectivity index (χ1n) is 4.83. The van der Waals surface area contributed by atoms with Crippen molar-refractivity contribution in [3.05, 3.63) is 35.9 Å². The second-order valence-corrected chi connectivity index (χ2v) is 2.77. The molecule has 0 bridgehead atoms. The number of nitrogens with one attached hydrogen (secondary N) is 1. The van der Waals surface area contributed by atoms with Crippen molar-refractivity contribution in [3.8, 4) is 0 Å². The molecule has 5 heteroatoms. The van der Waals surface area contributed by atoms with Crippen molar-refractivity contribution in [2.24, 2.45) is 5.73 Å². The number of amides is 1. The summed E-state index contributed by atoms with van der Waals surface area (Å²) in [6.07, 6.45) is -0.0570. The van der Waals surface area contributed by atoms with Crippen molar-refractivity contribution in [2.75, 3.05) is 13.6 Å². The summed E-state index contributed by atoms with van der Waals surface area (Å²) in [6, 6.07) is 8.68. The maximum atomic E-state index is 11.3. The highest BCUT2D eigenvalue weighted by Gasteiger charge is 2.03. The molecule has 4 N–H and O–H groups in total. The summed E-state index contributed by atoms with van der Waals surface area (Å²) in [7, 11) is 1.50. The van der Waals surface area contributed by atoms with Gasteiger partial charge in [0.1, 0.15) is 0 Å². The van der Waals surface area contributed by atoms with Crippen LogP contribution in [0.3, 0.4) is 0 Å². The molecule has 0 atom stereocenters. The zero-order chi connectivity index (χ0) is 12.4. The zero-order valence-electron chi connectivity index (χ0n) is 9.14. The Hall–Kier alpha value is -1.88. The number of hydrogen-bond acceptors (Lipinski definition) is 3. The minimum absolute atomic E-state index is 0.0570. The van der Waals surface area contributed by atoms with Gasteiger partial charge in [-0.15, -0.1) is 0 Å². The monoisotopic (exact) mass is 224 g/mol. The Bertz CT molecular complexity index is 325. The van der Waals surface area contributed by atoms with Crippen molar-refractivity contribution in [3.63, 3.8) is 0 Å². The third kappa shape index (κ3) is 5.77. The van der Waals surface area contributed by atoms with E-state index < -0.39 is 5.97 Å². The van der Waals surface area contributed by atoms with Gasteiger partial charge in [-0.2, -0.15) is 0 Å². The van der Waals surface area contributed by atoms with Crippen LogP contribution in [-0.2, 0) is 4.79 Å². The molecular weight excluding hydrogens is 208 g/mol. The SMILES string of the molecule is CN.O=C(O)CCNC(=O)c1ccccc1. The number of aliphatic carboxylic acids is 1. The van der Waals surface area contributed by atoms with Gasteiger partial charge in [0.05, 0.1) is 6.42 Å². The van der Waals surface area contributed by atoms with Gasteiger partial charge in [0.25, 0.3) is 5.91 Å². The number of carbonyl (C=O) groups is 2. The van der Waals surface area contributed by atoms with E-state index in [1.54, 1.807) is 24.3 Å². The van der Waals surface area contributed by atoms with Gasteiger partial charge in [-0.3, -0.25) is 9.59 Å². The van der Waals surface area contributed by atoms with Crippen molar-refractivity contribution < 1.29 is 14.7 Å². The summed E-state index contributed by atoms with van der Waals surface area (Å²) in [5, 5.41) is 10.9.